The molecule has 3 rings (SSSR count). The molecule has 26 heavy (non-hydrogen) atoms. The molecule has 0 amide bonds. The van der Waals surface area contributed by atoms with E-state index in [1.165, 1.54) is 12.1 Å². The first-order valence-corrected chi connectivity index (χ1v) is 8.83. The number of nitrogens with one attached hydrogen (secondary N) is 2. The summed E-state index contributed by atoms with van der Waals surface area (Å²) in [6.07, 6.45) is 3.95. The molecule has 2 N–H and O–H groups in total. The molecule has 2 heterocycles. The fourth-order valence-electron chi connectivity index (χ4n) is 2.38. The molecular formula is C18H20BrFIN5. The number of imidazole rings is 1. The molecule has 0 unspecified atom stereocenters. The van der Waals surface area contributed by atoms with Crippen molar-refractivity contribution in [3.05, 3.63) is 70.3 Å². The lowest BCUT2D eigenvalue weighted by Gasteiger charge is -2.10. The number of hydrogen-bond donors (Lipinski definition) is 2. The van der Waals surface area contributed by atoms with E-state index in [9.17, 15) is 4.39 Å². The van der Waals surface area contributed by atoms with Crippen LogP contribution >= 0.6 is 39.9 Å². The van der Waals surface area contributed by atoms with Crippen molar-refractivity contribution >= 4 is 51.5 Å². The molecule has 0 radical (unpaired) electrons. The van der Waals surface area contributed by atoms with Crippen LogP contribution in [0.15, 0.2) is 58.3 Å². The Labute approximate surface area is 177 Å². The predicted octanol–water partition coefficient (Wildman–Crippen LogP) is 4.11. The van der Waals surface area contributed by atoms with Gasteiger partial charge in [-0.2, -0.15) is 0 Å². The number of aromatic nitrogens is 2. The van der Waals surface area contributed by atoms with Gasteiger partial charge in [-0.25, -0.2) is 14.4 Å². The number of rotatable bonds is 5. The molecule has 2 aromatic heterocycles. The smallest absolute Gasteiger partial charge is 0.191 e. The number of pyridine rings is 1. The molecule has 138 valence electrons. The van der Waals surface area contributed by atoms with Crippen molar-refractivity contribution in [3.8, 4) is 0 Å². The van der Waals surface area contributed by atoms with Crippen LogP contribution in [-0.4, -0.2) is 21.9 Å². The number of halogens is 3. The summed E-state index contributed by atoms with van der Waals surface area (Å²) in [6, 6.07) is 10.3. The highest BCUT2D eigenvalue weighted by Crippen LogP contribution is 2.12. The molecule has 0 fully saturated rings. The molecular weight excluding hydrogens is 512 g/mol. The molecule has 0 atom stereocenters. The van der Waals surface area contributed by atoms with Crippen LogP contribution in [-0.2, 0) is 13.1 Å². The Morgan fingerprint density at radius 2 is 1.92 bits per heavy atom. The quantitative estimate of drug-likeness (QED) is 0.296. The van der Waals surface area contributed by atoms with Gasteiger partial charge in [0, 0.05) is 23.4 Å². The van der Waals surface area contributed by atoms with E-state index in [0.717, 1.165) is 27.9 Å². The highest BCUT2D eigenvalue weighted by Gasteiger charge is 2.04. The van der Waals surface area contributed by atoms with Crippen LogP contribution in [0.25, 0.3) is 5.65 Å². The Bertz CT molecular complexity index is 879. The lowest BCUT2D eigenvalue weighted by molar-refractivity contribution is 0.627. The molecule has 3 aromatic rings. The summed E-state index contributed by atoms with van der Waals surface area (Å²) in [4.78, 5) is 9.10. The third-order valence-corrected chi connectivity index (χ3v) is 4.05. The molecule has 8 heteroatoms. The molecule has 0 aliphatic rings. The fraction of sp³-hybridized carbons (Fsp3) is 0.222. The van der Waals surface area contributed by atoms with Crippen LogP contribution < -0.4 is 10.6 Å². The normalized spacial score (nSPS) is 11.3. The van der Waals surface area contributed by atoms with Gasteiger partial charge in [-0.05, 0) is 52.7 Å². The average molecular weight is 532 g/mol. The van der Waals surface area contributed by atoms with Crippen molar-refractivity contribution < 1.29 is 4.39 Å². The van der Waals surface area contributed by atoms with Crippen LogP contribution in [0, 0.1) is 5.82 Å². The van der Waals surface area contributed by atoms with Gasteiger partial charge in [-0.15, -0.1) is 24.0 Å². The van der Waals surface area contributed by atoms with Crippen LogP contribution in [0.4, 0.5) is 4.39 Å². The summed E-state index contributed by atoms with van der Waals surface area (Å²) in [5.74, 6) is 0.460. The summed E-state index contributed by atoms with van der Waals surface area (Å²) in [6.45, 7) is 3.81. The van der Waals surface area contributed by atoms with Gasteiger partial charge in [0.1, 0.15) is 11.5 Å². The Morgan fingerprint density at radius 1 is 1.15 bits per heavy atom. The van der Waals surface area contributed by atoms with Gasteiger partial charge in [0.05, 0.1) is 18.8 Å². The van der Waals surface area contributed by atoms with Gasteiger partial charge in [-0.1, -0.05) is 12.1 Å². The lowest BCUT2D eigenvalue weighted by atomic mass is 10.2. The lowest BCUT2D eigenvalue weighted by Crippen LogP contribution is -2.36. The largest absolute Gasteiger partial charge is 0.357 e. The molecule has 0 aliphatic carbocycles. The van der Waals surface area contributed by atoms with Gasteiger partial charge in [-0.3, -0.25) is 0 Å². The van der Waals surface area contributed by atoms with Crippen molar-refractivity contribution in [3.63, 3.8) is 0 Å². The van der Waals surface area contributed by atoms with Crippen molar-refractivity contribution in [1.82, 2.24) is 20.0 Å². The minimum atomic E-state index is -0.240. The van der Waals surface area contributed by atoms with Crippen LogP contribution in [0.2, 0.25) is 0 Å². The van der Waals surface area contributed by atoms with Gasteiger partial charge in [0.2, 0.25) is 0 Å². The maximum absolute atomic E-state index is 13.0. The summed E-state index contributed by atoms with van der Waals surface area (Å²) < 4.78 is 15.9. The van der Waals surface area contributed by atoms with Crippen molar-refractivity contribution in [2.24, 2.45) is 4.99 Å². The first-order valence-electron chi connectivity index (χ1n) is 8.04. The zero-order chi connectivity index (χ0) is 17.6. The second-order valence-corrected chi connectivity index (χ2v) is 6.44. The third kappa shape index (κ3) is 5.66. The van der Waals surface area contributed by atoms with E-state index in [2.05, 4.69) is 36.5 Å². The fourth-order valence-corrected chi connectivity index (χ4v) is 2.73. The van der Waals surface area contributed by atoms with Crippen LogP contribution in [0.3, 0.4) is 0 Å². The molecule has 1 aromatic carbocycles. The number of benzene rings is 1. The molecule has 5 nitrogen and oxygen atoms in total. The Hall–Kier alpha value is -1.68. The van der Waals surface area contributed by atoms with Crippen molar-refractivity contribution in [2.75, 3.05) is 6.54 Å². The third-order valence-electron chi connectivity index (χ3n) is 3.58. The summed E-state index contributed by atoms with van der Waals surface area (Å²) in [5.41, 5.74) is 2.77. The first-order chi connectivity index (χ1) is 12.1. The van der Waals surface area contributed by atoms with Gasteiger partial charge in [0.15, 0.2) is 5.96 Å². The standard InChI is InChI=1S/C18H19BrFN5.HI/c1-2-21-18(22-9-13-3-6-15(20)7-4-13)23-10-16-12-25-11-14(19)5-8-17(25)24-16;/h3-8,11-12H,2,9-10H2,1H3,(H2,21,22,23);1H. The van der Waals surface area contributed by atoms with Gasteiger partial charge in [0.25, 0.3) is 0 Å². The van der Waals surface area contributed by atoms with E-state index in [1.807, 2.05) is 35.9 Å². The first kappa shape index (κ1) is 20.6. The monoisotopic (exact) mass is 531 g/mol. The van der Waals surface area contributed by atoms with E-state index >= 15 is 0 Å². The minimum Gasteiger partial charge on any atom is -0.357 e. The van der Waals surface area contributed by atoms with Gasteiger partial charge >= 0.3 is 0 Å². The zero-order valence-electron chi connectivity index (χ0n) is 14.2. The maximum atomic E-state index is 13.0. The van der Waals surface area contributed by atoms with Crippen LogP contribution in [0.1, 0.15) is 18.2 Å². The van der Waals surface area contributed by atoms with Crippen LogP contribution in [0.5, 0.6) is 0 Å². The SMILES string of the molecule is CCNC(=NCc1ccc(F)cc1)NCc1cn2cc(Br)ccc2n1.I. The minimum absolute atomic E-state index is 0. The Balaban J connectivity index is 0.00000243. The highest BCUT2D eigenvalue weighted by atomic mass is 127. The molecule has 0 saturated heterocycles. The molecule has 0 spiro atoms. The second kappa shape index (κ2) is 9.86. The number of hydrogen-bond acceptors (Lipinski definition) is 2. The van der Waals surface area contributed by atoms with Gasteiger partial charge < -0.3 is 15.0 Å². The number of guanidine groups is 1. The number of nitrogens with zero attached hydrogens (tertiary/aromatic N) is 3. The van der Waals surface area contributed by atoms with E-state index in [1.54, 1.807) is 12.1 Å². The van der Waals surface area contributed by atoms with E-state index < -0.39 is 0 Å². The average Bonchev–Trinajstić information content (AvgIpc) is 3.00. The van der Waals surface area contributed by atoms with Crippen molar-refractivity contribution in [2.45, 2.75) is 20.0 Å². The molecule has 0 aliphatic heterocycles. The molecule has 0 saturated carbocycles. The Morgan fingerprint density at radius 3 is 2.65 bits per heavy atom. The van der Waals surface area contributed by atoms with E-state index in [-0.39, 0.29) is 29.8 Å². The van der Waals surface area contributed by atoms with E-state index in [0.29, 0.717) is 19.0 Å². The zero-order valence-corrected chi connectivity index (χ0v) is 18.2. The van der Waals surface area contributed by atoms with Crippen molar-refractivity contribution in [1.29, 1.82) is 0 Å². The predicted molar refractivity (Wildman–Crippen MR) is 116 cm³/mol. The highest BCUT2D eigenvalue weighted by molar-refractivity contribution is 14.0. The van der Waals surface area contributed by atoms with E-state index in [4.69, 9.17) is 0 Å². The summed E-state index contributed by atoms with van der Waals surface area (Å²) in [5, 5.41) is 6.47. The summed E-state index contributed by atoms with van der Waals surface area (Å²) >= 11 is 3.45. The topological polar surface area (TPSA) is 53.7 Å². The maximum Gasteiger partial charge on any atom is 0.191 e. The number of fused-ring (bicyclic) bond motifs is 1. The molecule has 0 bridgehead atoms. The summed E-state index contributed by atoms with van der Waals surface area (Å²) in [7, 11) is 0. The number of aliphatic imine (C=N–C) groups is 1. The Kier molecular flexibility index (Phi) is 7.83. The second-order valence-electron chi connectivity index (χ2n) is 5.52.